The van der Waals surface area contributed by atoms with Crippen LogP contribution in [0.15, 0.2) is 36.5 Å². The fourth-order valence-electron chi connectivity index (χ4n) is 5.91. The summed E-state index contributed by atoms with van der Waals surface area (Å²) in [6.45, 7) is 3.68. The number of carbonyl (C=O) groups excluding carboxylic acids is 1. The Bertz CT molecular complexity index is 863. The molecule has 1 fully saturated rings. The van der Waals surface area contributed by atoms with Crippen LogP contribution in [0, 0.1) is 0 Å². The molecule has 7 atom stereocenters. The lowest BCUT2D eigenvalue weighted by Crippen LogP contribution is -2.60. The molecule has 6 N–H and O–H groups in total. The molecule has 0 radical (unpaired) electrons. The summed E-state index contributed by atoms with van der Waals surface area (Å²) < 4.78 is 11.1. The zero-order chi connectivity index (χ0) is 36.0. The number of rotatable bonds is 31. The maximum Gasteiger partial charge on any atom is 0.220 e. The van der Waals surface area contributed by atoms with Gasteiger partial charge in [-0.25, -0.2) is 0 Å². The highest BCUT2D eigenvalue weighted by Crippen LogP contribution is 2.22. The number of amides is 1. The SMILES string of the molecule is CCCC/C=C\CCCCCCCC(=O)NC(COC1OC(CO)C(O)C(O)C1O)C(O)/C=C/CC/C=C/CCCCCCCCCCC. The minimum Gasteiger partial charge on any atom is -0.394 e. The maximum absolute atomic E-state index is 12.8. The molecule has 1 saturated heterocycles. The minimum absolute atomic E-state index is 0.201. The number of aliphatic hydroxyl groups excluding tert-OH is 5. The molecule has 1 aliphatic rings. The van der Waals surface area contributed by atoms with E-state index in [0.717, 1.165) is 64.2 Å². The predicted molar refractivity (Wildman–Crippen MR) is 198 cm³/mol. The van der Waals surface area contributed by atoms with Crippen molar-refractivity contribution in [3.05, 3.63) is 36.5 Å². The Labute approximate surface area is 298 Å². The molecule has 0 bridgehead atoms. The summed E-state index contributed by atoms with van der Waals surface area (Å²) in [4.78, 5) is 12.8. The van der Waals surface area contributed by atoms with Gasteiger partial charge in [0.15, 0.2) is 6.29 Å². The van der Waals surface area contributed by atoms with E-state index in [1.807, 2.05) is 6.08 Å². The lowest BCUT2D eigenvalue weighted by Gasteiger charge is -2.40. The number of allylic oxidation sites excluding steroid dienone is 5. The summed E-state index contributed by atoms with van der Waals surface area (Å²) in [5.41, 5.74) is 0. The third-order valence-corrected chi connectivity index (χ3v) is 9.19. The molecule has 0 spiro atoms. The van der Waals surface area contributed by atoms with E-state index in [-0.39, 0.29) is 12.5 Å². The molecule has 0 aromatic heterocycles. The first-order valence-electron chi connectivity index (χ1n) is 19.7. The maximum atomic E-state index is 12.8. The lowest BCUT2D eigenvalue weighted by atomic mass is 9.99. The first kappa shape index (κ1) is 45.4. The summed E-state index contributed by atoms with van der Waals surface area (Å²) in [7, 11) is 0. The van der Waals surface area contributed by atoms with Crippen LogP contribution in [0.5, 0.6) is 0 Å². The highest BCUT2D eigenvalue weighted by molar-refractivity contribution is 5.76. The zero-order valence-corrected chi connectivity index (χ0v) is 30.9. The van der Waals surface area contributed by atoms with Crippen molar-refractivity contribution in [2.45, 2.75) is 198 Å². The van der Waals surface area contributed by atoms with Crippen molar-refractivity contribution in [1.82, 2.24) is 5.32 Å². The first-order valence-corrected chi connectivity index (χ1v) is 19.7. The molecule has 7 unspecified atom stereocenters. The van der Waals surface area contributed by atoms with Gasteiger partial charge in [0.1, 0.15) is 24.4 Å². The van der Waals surface area contributed by atoms with Gasteiger partial charge in [-0.3, -0.25) is 4.79 Å². The quantitative estimate of drug-likeness (QED) is 0.0338. The van der Waals surface area contributed by atoms with Gasteiger partial charge in [-0.05, 0) is 51.4 Å². The standard InChI is InChI=1S/C40H73NO8/c1-3-5-7-9-11-13-15-16-17-18-20-21-23-25-27-29-34(43)33(32-48-40-39(47)38(46)37(45)35(31-42)49-40)41-36(44)30-28-26-24-22-19-14-12-10-8-6-4-2/h10,12,20-21,27,29,33-35,37-40,42-43,45-47H,3-9,11,13-19,22-26,28,30-32H2,1-2H3,(H,41,44)/b12-10-,21-20+,29-27+. The first-order chi connectivity index (χ1) is 23.8. The second-order valence-electron chi connectivity index (χ2n) is 13.7. The van der Waals surface area contributed by atoms with Gasteiger partial charge in [0, 0.05) is 6.42 Å². The van der Waals surface area contributed by atoms with Gasteiger partial charge >= 0.3 is 0 Å². The van der Waals surface area contributed by atoms with Gasteiger partial charge in [0.2, 0.25) is 5.91 Å². The van der Waals surface area contributed by atoms with E-state index in [4.69, 9.17) is 9.47 Å². The number of hydrogen-bond donors (Lipinski definition) is 6. The van der Waals surface area contributed by atoms with Crippen LogP contribution in [0.3, 0.4) is 0 Å². The number of aliphatic hydroxyl groups is 5. The van der Waals surface area contributed by atoms with Crippen LogP contribution >= 0.6 is 0 Å². The molecule has 9 nitrogen and oxygen atoms in total. The zero-order valence-electron chi connectivity index (χ0n) is 30.9. The Hall–Kier alpha value is -1.59. The third kappa shape index (κ3) is 22.8. The molecule has 9 heteroatoms. The smallest absolute Gasteiger partial charge is 0.220 e. The van der Waals surface area contributed by atoms with Crippen LogP contribution in [0.25, 0.3) is 0 Å². The molecule has 0 aromatic rings. The second kappa shape index (κ2) is 31.2. The Balaban J connectivity index is 2.48. The summed E-state index contributed by atoms with van der Waals surface area (Å²) in [5.74, 6) is -0.201. The molecule has 49 heavy (non-hydrogen) atoms. The normalized spacial score (nSPS) is 22.8. The highest BCUT2D eigenvalue weighted by atomic mass is 16.7. The van der Waals surface area contributed by atoms with Gasteiger partial charge < -0.3 is 40.3 Å². The molecule has 1 amide bonds. The Morgan fingerprint density at radius 2 is 1.18 bits per heavy atom. The largest absolute Gasteiger partial charge is 0.394 e. The van der Waals surface area contributed by atoms with E-state index >= 15 is 0 Å². The molecular formula is C40H73NO8. The van der Waals surface area contributed by atoms with Crippen molar-refractivity contribution in [2.75, 3.05) is 13.2 Å². The molecule has 0 saturated carbocycles. The van der Waals surface area contributed by atoms with E-state index in [1.165, 1.54) is 70.6 Å². The summed E-state index contributed by atoms with van der Waals surface area (Å²) >= 11 is 0. The van der Waals surface area contributed by atoms with Crippen LogP contribution in [-0.4, -0.2) is 87.5 Å². The van der Waals surface area contributed by atoms with Crippen molar-refractivity contribution in [3.8, 4) is 0 Å². The number of hydrogen-bond acceptors (Lipinski definition) is 8. The third-order valence-electron chi connectivity index (χ3n) is 9.19. The minimum atomic E-state index is -1.57. The Kier molecular flexibility index (Phi) is 28.9. The number of nitrogens with one attached hydrogen (secondary N) is 1. The summed E-state index contributed by atoms with van der Waals surface area (Å²) in [5, 5.41) is 53.9. The van der Waals surface area contributed by atoms with Gasteiger partial charge in [-0.2, -0.15) is 0 Å². The van der Waals surface area contributed by atoms with E-state index in [2.05, 4.69) is 43.5 Å². The monoisotopic (exact) mass is 696 g/mol. The van der Waals surface area contributed by atoms with Crippen molar-refractivity contribution in [3.63, 3.8) is 0 Å². The van der Waals surface area contributed by atoms with Crippen molar-refractivity contribution >= 4 is 5.91 Å². The van der Waals surface area contributed by atoms with Crippen LogP contribution < -0.4 is 5.32 Å². The highest BCUT2D eigenvalue weighted by Gasteiger charge is 2.44. The summed E-state index contributed by atoms with van der Waals surface area (Å²) in [6.07, 6.45) is 29.0. The van der Waals surface area contributed by atoms with Crippen LogP contribution in [0.1, 0.15) is 155 Å². The van der Waals surface area contributed by atoms with E-state index < -0.39 is 49.5 Å². The second-order valence-corrected chi connectivity index (χ2v) is 13.7. The van der Waals surface area contributed by atoms with E-state index in [1.54, 1.807) is 6.08 Å². The predicted octanol–water partition coefficient (Wildman–Crippen LogP) is 6.94. The number of carbonyl (C=O) groups is 1. The molecule has 1 heterocycles. The van der Waals surface area contributed by atoms with E-state index in [0.29, 0.717) is 6.42 Å². The van der Waals surface area contributed by atoms with Crippen molar-refractivity contribution in [1.29, 1.82) is 0 Å². The Morgan fingerprint density at radius 1 is 0.673 bits per heavy atom. The molecule has 286 valence electrons. The molecule has 0 aromatic carbocycles. The van der Waals surface area contributed by atoms with Gasteiger partial charge in [-0.15, -0.1) is 0 Å². The van der Waals surface area contributed by atoms with Gasteiger partial charge in [-0.1, -0.05) is 134 Å². The molecule has 0 aliphatic carbocycles. The van der Waals surface area contributed by atoms with Crippen molar-refractivity contribution < 1.29 is 39.8 Å². The average molecular weight is 696 g/mol. The van der Waals surface area contributed by atoms with Crippen LogP contribution in [0.4, 0.5) is 0 Å². The van der Waals surface area contributed by atoms with Gasteiger partial charge in [0.25, 0.3) is 0 Å². The Morgan fingerprint density at radius 3 is 1.78 bits per heavy atom. The average Bonchev–Trinajstić information content (AvgIpc) is 3.10. The topological polar surface area (TPSA) is 149 Å². The lowest BCUT2D eigenvalue weighted by molar-refractivity contribution is -0.302. The van der Waals surface area contributed by atoms with Crippen LogP contribution in [0.2, 0.25) is 0 Å². The fourth-order valence-corrected chi connectivity index (χ4v) is 5.91. The number of ether oxygens (including phenoxy) is 2. The van der Waals surface area contributed by atoms with Gasteiger partial charge in [0.05, 0.1) is 25.4 Å². The number of unbranched alkanes of at least 4 members (excludes halogenated alkanes) is 17. The molecule has 1 aliphatic heterocycles. The molecular weight excluding hydrogens is 622 g/mol. The van der Waals surface area contributed by atoms with Crippen LogP contribution in [-0.2, 0) is 14.3 Å². The summed E-state index contributed by atoms with van der Waals surface area (Å²) in [6, 6.07) is -0.821. The molecule has 1 rings (SSSR count). The fraction of sp³-hybridized carbons (Fsp3) is 0.825. The van der Waals surface area contributed by atoms with Crippen molar-refractivity contribution in [2.24, 2.45) is 0 Å². The van der Waals surface area contributed by atoms with E-state index in [9.17, 15) is 30.3 Å².